The fourth-order valence-corrected chi connectivity index (χ4v) is 5.51. The van der Waals surface area contributed by atoms with Crippen molar-refractivity contribution in [3.63, 3.8) is 0 Å². The zero-order valence-electron chi connectivity index (χ0n) is 29.3. The third-order valence-electron chi connectivity index (χ3n) is 8.60. The van der Waals surface area contributed by atoms with E-state index in [0.29, 0.717) is 12.8 Å². The number of hydrogen-bond donors (Lipinski definition) is 2. The lowest BCUT2D eigenvalue weighted by atomic mass is 10.0. The van der Waals surface area contributed by atoms with Crippen molar-refractivity contribution >= 4 is 11.8 Å². The van der Waals surface area contributed by atoms with Crippen molar-refractivity contribution in [2.24, 2.45) is 0 Å². The van der Waals surface area contributed by atoms with Gasteiger partial charge in [0, 0.05) is 51.1 Å². The Morgan fingerprint density at radius 3 is 1.07 bits per heavy atom. The first-order valence-corrected chi connectivity index (χ1v) is 18.2. The van der Waals surface area contributed by atoms with E-state index >= 15 is 0 Å². The number of unbranched alkanes of at least 4 members (excludes halogenated alkanes) is 16. The monoisotopic (exact) mass is 595 g/mol. The number of rotatable bonds is 31. The van der Waals surface area contributed by atoms with Crippen LogP contribution < -0.4 is 10.6 Å². The summed E-state index contributed by atoms with van der Waals surface area (Å²) in [6.45, 7) is 12.1. The summed E-state index contributed by atoms with van der Waals surface area (Å²) in [4.78, 5) is 29.2. The maximum absolute atomic E-state index is 12.4. The topological polar surface area (TPSA) is 64.7 Å². The van der Waals surface area contributed by atoms with Crippen LogP contribution in [0.5, 0.6) is 0 Å². The van der Waals surface area contributed by atoms with Gasteiger partial charge in [0.15, 0.2) is 0 Å². The van der Waals surface area contributed by atoms with Crippen LogP contribution in [0.25, 0.3) is 0 Å². The first-order valence-electron chi connectivity index (χ1n) is 18.2. The molecule has 0 heterocycles. The lowest BCUT2D eigenvalue weighted by Gasteiger charge is -2.22. The lowest BCUT2D eigenvalue weighted by Crippen LogP contribution is -2.38. The van der Waals surface area contributed by atoms with E-state index in [1.165, 1.54) is 116 Å². The molecule has 0 rings (SSSR count). The summed E-state index contributed by atoms with van der Waals surface area (Å²) in [5, 5.41) is 6.37. The molecule has 250 valence electrons. The molecule has 0 bridgehead atoms. The van der Waals surface area contributed by atoms with Gasteiger partial charge in [-0.25, -0.2) is 0 Å². The molecule has 0 aliphatic heterocycles. The summed E-state index contributed by atoms with van der Waals surface area (Å²) in [6, 6.07) is 0.523. The molecule has 2 unspecified atom stereocenters. The Labute approximate surface area is 262 Å². The minimum Gasteiger partial charge on any atom is -0.354 e. The molecule has 0 saturated carbocycles. The molecule has 6 heteroatoms. The van der Waals surface area contributed by atoms with Crippen molar-refractivity contribution in [3.8, 4) is 0 Å². The highest BCUT2D eigenvalue weighted by atomic mass is 16.2. The zero-order chi connectivity index (χ0) is 31.3. The van der Waals surface area contributed by atoms with Crippen molar-refractivity contribution < 1.29 is 9.59 Å². The Kier molecular flexibility index (Phi) is 29.1. The quantitative estimate of drug-likeness (QED) is 0.0790. The van der Waals surface area contributed by atoms with Crippen LogP contribution in [0.2, 0.25) is 0 Å². The normalized spacial score (nSPS) is 13.0. The maximum atomic E-state index is 12.4. The van der Waals surface area contributed by atoms with E-state index < -0.39 is 0 Å². The number of amides is 2. The van der Waals surface area contributed by atoms with Gasteiger partial charge in [0.05, 0.1) is 0 Å². The van der Waals surface area contributed by atoms with Gasteiger partial charge < -0.3 is 20.4 Å². The van der Waals surface area contributed by atoms with Crippen LogP contribution in [0.4, 0.5) is 0 Å². The van der Waals surface area contributed by atoms with Crippen LogP contribution in [0.15, 0.2) is 0 Å². The molecule has 2 N–H and O–H groups in total. The number of nitrogens with zero attached hydrogens (tertiary/aromatic N) is 2. The summed E-state index contributed by atoms with van der Waals surface area (Å²) in [5.41, 5.74) is 0. The van der Waals surface area contributed by atoms with E-state index in [-0.39, 0.29) is 23.9 Å². The van der Waals surface area contributed by atoms with Crippen LogP contribution >= 0.6 is 0 Å². The fourth-order valence-electron chi connectivity index (χ4n) is 5.51. The van der Waals surface area contributed by atoms with Crippen molar-refractivity contribution in [1.29, 1.82) is 0 Å². The zero-order valence-corrected chi connectivity index (χ0v) is 29.3. The Balaban J connectivity index is 3.73. The largest absolute Gasteiger partial charge is 0.354 e. The molecule has 42 heavy (non-hydrogen) atoms. The average molecular weight is 595 g/mol. The number of carbonyl (C=O) groups is 2. The van der Waals surface area contributed by atoms with Gasteiger partial charge >= 0.3 is 0 Å². The van der Waals surface area contributed by atoms with Crippen LogP contribution in [-0.2, 0) is 9.59 Å². The second-order valence-corrected chi connectivity index (χ2v) is 13.3. The molecule has 0 aromatic heterocycles. The van der Waals surface area contributed by atoms with Crippen molar-refractivity contribution in [2.75, 3.05) is 40.3 Å². The van der Waals surface area contributed by atoms with Gasteiger partial charge in [-0.2, -0.15) is 0 Å². The molecule has 2 atom stereocenters. The highest BCUT2D eigenvalue weighted by molar-refractivity contribution is 5.76. The third kappa shape index (κ3) is 29.0. The van der Waals surface area contributed by atoms with E-state index in [2.05, 4.69) is 62.2 Å². The number of nitrogens with one attached hydrogen (secondary N) is 2. The summed E-state index contributed by atoms with van der Waals surface area (Å²) in [5.74, 6) is 0.318. The molecule has 0 aliphatic rings. The van der Waals surface area contributed by atoms with Gasteiger partial charge in [-0.15, -0.1) is 0 Å². The van der Waals surface area contributed by atoms with Crippen molar-refractivity contribution in [2.45, 2.75) is 181 Å². The first-order chi connectivity index (χ1) is 20.3. The molecular formula is C36H74N4O2. The minimum absolute atomic E-state index is 0.159. The molecule has 0 radical (unpaired) electrons. The second-order valence-electron chi connectivity index (χ2n) is 13.3. The van der Waals surface area contributed by atoms with Gasteiger partial charge in [-0.3, -0.25) is 9.59 Å². The predicted octanol–water partition coefficient (Wildman–Crippen LogP) is 8.48. The molecule has 2 amide bonds. The van der Waals surface area contributed by atoms with Gasteiger partial charge in [-0.05, 0) is 40.8 Å². The standard InChI is InChI=1S/C36H74N4O2/c1-7-9-11-13-15-17-19-21-23-25-33(3)37-35(41)27-29-39(5)31-32-40(6)30-28-36(42)38-34(4)26-24-22-20-18-16-14-12-10-8-2/h33-34H,7-32H2,1-6H3,(H,37,41)(H,38,42). The molecule has 0 aliphatic carbocycles. The van der Waals surface area contributed by atoms with E-state index in [4.69, 9.17) is 0 Å². The van der Waals surface area contributed by atoms with Crippen molar-refractivity contribution in [3.05, 3.63) is 0 Å². The summed E-state index contributed by atoms with van der Waals surface area (Å²) in [6.07, 6.45) is 27.3. The second kappa shape index (κ2) is 29.9. The lowest BCUT2D eigenvalue weighted by molar-refractivity contribution is -0.123. The van der Waals surface area contributed by atoms with Gasteiger partial charge in [0.2, 0.25) is 11.8 Å². The van der Waals surface area contributed by atoms with E-state index in [1.807, 2.05) is 0 Å². The summed E-state index contributed by atoms with van der Waals surface area (Å²) < 4.78 is 0. The highest BCUT2D eigenvalue weighted by Crippen LogP contribution is 2.12. The van der Waals surface area contributed by atoms with Crippen LogP contribution in [0.1, 0.15) is 169 Å². The summed E-state index contributed by atoms with van der Waals surface area (Å²) >= 11 is 0. The van der Waals surface area contributed by atoms with Crippen LogP contribution in [0, 0.1) is 0 Å². The SMILES string of the molecule is CCCCCCCCCCCC(C)NC(=O)CCN(C)CCN(C)CCC(=O)NC(C)CCCCCCCCCCC. The Hall–Kier alpha value is -1.14. The smallest absolute Gasteiger partial charge is 0.221 e. The molecule has 0 aromatic carbocycles. The van der Waals surface area contributed by atoms with Crippen molar-refractivity contribution in [1.82, 2.24) is 20.4 Å². The van der Waals surface area contributed by atoms with E-state index in [0.717, 1.165) is 39.0 Å². The Bertz CT molecular complexity index is 563. The molecule has 6 nitrogen and oxygen atoms in total. The number of hydrogen-bond acceptors (Lipinski definition) is 4. The maximum Gasteiger partial charge on any atom is 0.221 e. The molecular weight excluding hydrogens is 520 g/mol. The third-order valence-corrected chi connectivity index (χ3v) is 8.60. The molecule has 0 saturated heterocycles. The van der Waals surface area contributed by atoms with E-state index in [1.54, 1.807) is 0 Å². The van der Waals surface area contributed by atoms with Gasteiger partial charge in [0.1, 0.15) is 0 Å². The molecule has 0 fully saturated rings. The number of carbonyl (C=O) groups excluding carboxylic acids is 2. The average Bonchev–Trinajstić information content (AvgIpc) is 2.96. The minimum atomic E-state index is 0.159. The van der Waals surface area contributed by atoms with E-state index in [9.17, 15) is 9.59 Å². The summed E-state index contributed by atoms with van der Waals surface area (Å²) in [7, 11) is 4.15. The Morgan fingerprint density at radius 2 is 0.762 bits per heavy atom. The first kappa shape index (κ1) is 40.9. The number of likely N-dealkylation sites (N-methyl/N-ethyl adjacent to an activating group) is 2. The molecule has 0 spiro atoms. The van der Waals surface area contributed by atoms with Gasteiger partial charge in [0.25, 0.3) is 0 Å². The Morgan fingerprint density at radius 1 is 0.476 bits per heavy atom. The fraction of sp³-hybridized carbons (Fsp3) is 0.944. The van der Waals surface area contributed by atoms with Crippen LogP contribution in [-0.4, -0.2) is 74.0 Å². The van der Waals surface area contributed by atoms with Crippen LogP contribution in [0.3, 0.4) is 0 Å². The highest BCUT2D eigenvalue weighted by Gasteiger charge is 2.11. The van der Waals surface area contributed by atoms with Gasteiger partial charge in [-0.1, -0.05) is 129 Å². The molecule has 0 aromatic rings. The predicted molar refractivity (Wildman–Crippen MR) is 183 cm³/mol.